The van der Waals surface area contributed by atoms with Crippen molar-refractivity contribution in [2.75, 3.05) is 32.1 Å². The van der Waals surface area contributed by atoms with E-state index in [1.165, 1.54) is 0 Å². The maximum atomic E-state index is 12.0. The Labute approximate surface area is 118 Å². The lowest BCUT2D eigenvalue weighted by Crippen LogP contribution is -2.38. The van der Waals surface area contributed by atoms with Gasteiger partial charge in [0, 0.05) is 18.6 Å². The van der Waals surface area contributed by atoms with Crippen LogP contribution in [0.1, 0.15) is 40.5 Å². The smallest absolute Gasteiger partial charge is 0.152 e. The van der Waals surface area contributed by atoms with Crippen molar-refractivity contribution in [1.82, 2.24) is 5.32 Å². The van der Waals surface area contributed by atoms with E-state index >= 15 is 0 Å². The topological polar surface area (TPSA) is 55.4 Å². The summed E-state index contributed by atoms with van der Waals surface area (Å²) in [6.45, 7) is 11.1. The van der Waals surface area contributed by atoms with Crippen molar-refractivity contribution in [2.45, 2.75) is 45.8 Å². The van der Waals surface area contributed by atoms with Crippen LogP contribution in [0, 0.1) is 11.3 Å². The second-order valence-electron chi connectivity index (χ2n) is 6.49. The molecular weight excluding hydrogens is 262 g/mol. The molecule has 1 unspecified atom stereocenters. The van der Waals surface area contributed by atoms with E-state index in [9.17, 15) is 8.42 Å². The molecule has 0 aromatic carbocycles. The molecule has 0 amide bonds. The van der Waals surface area contributed by atoms with Crippen molar-refractivity contribution in [3.05, 3.63) is 0 Å². The van der Waals surface area contributed by atoms with Crippen LogP contribution in [0.2, 0.25) is 0 Å². The Hall–Kier alpha value is -0.130. The predicted molar refractivity (Wildman–Crippen MR) is 79.1 cm³/mol. The molecule has 1 fully saturated rings. The first-order valence-electron chi connectivity index (χ1n) is 7.27. The van der Waals surface area contributed by atoms with Crippen LogP contribution in [0.25, 0.3) is 0 Å². The molecule has 0 aromatic rings. The van der Waals surface area contributed by atoms with Gasteiger partial charge in [0.05, 0.1) is 17.6 Å². The fraction of sp³-hybridized carbons (Fsp3) is 1.00. The van der Waals surface area contributed by atoms with Crippen LogP contribution < -0.4 is 5.32 Å². The van der Waals surface area contributed by atoms with E-state index in [1.807, 2.05) is 0 Å². The maximum Gasteiger partial charge on any atom is 0.152 e. The quantitative estimate of drug-likeness (QED) is 0.741. The molecule has 1 atom stereocenters. The SMILES string of the molecule is CC(C)CNCC1(CCS(=O)(=O)C(C)C)CCOC1. The molecule has 1 aliphatic rings. The summed E-state index contributed by atoms with van der Waals surface area (Å²) in [4.78, 5) is 0. The third kappa shape index (κ3) is 5.40. The monoisotopic (exact) mass is 291 g/mol. The average Bonchev–Trinajstić information content (AvgIpc) is 2.75. The number of ether oxygens (including phenoxy) is 1. The van der Waals surface area contributed by atoms with Crippen LogP contribution >= 0.6 is 0 Å². The van der Waals surface area contributed by atoms with E-state index in [0.29, 0.717) is 18.9 Å². The third-order valence-electron chi connectivity index (χ3n) is 3.87. The maximum absolute atomic E-state index is 12.0. The molecule has 4 nitrogen and oxygen atoms in total. The Morgan fingerprint density at radius 3 is 2.42 bits per heavy atom. The van der Waals surface area contributed by atoms with Gasteiger partial charge in [-0.3, -0.25) is 0 Å². The van der Waals surface area contributed by atoms with Gasteiger partial charge in [0.2, 0.25) is 0 Å². The summed E-state index contributed by atoms with van der Waals surface area (Å²) in [7, 11) is -2.95. The number of hydrogen-bond acceptors (Lipinski definition) is 4. The highest BCUT2D eigenvalue weighted by Gasteiger charge is 2.36. The van der Waals surface area contributed by atoms with Crippen LogP contribution in [0.5, 0.6) is 0 Å². The fourth-order valence-corrected chi connectivity index (χ4v) is 3.48. The highest BCUT2D eigenvalue weighted by atomic mass is 32.2. The van der Waals surface area contributed by atoms with E-state index in [2.05, 4.69) is 19.2 Å². The largest absolute Gasteiger partial charge is 0.381 e. The van der Waals surface area contributed by atoms with Crippen molar-refractivity contribution in [3.8, 4) is 0 Å². The molecule has 114 valence electrons. The number of rotatable bonds is 8. The summed E-state index contributed by atoms with van der Waals surface area (Å²) in [6, 6.07) is 0. The zero-order valence-electron chi connectivity index (χ0n) is 12.7. The fourth-order valence-electron chi connectivity index (χ4n) is 2.29. The number of sulfone groups is 1. The molecule has 0 radical (unpaired) electrons. The molecule has 0 bridgehead atoms. The molecule has 0 aromatic heterocycles. The van der Waals surface area contributed by atoms with Gasteiger partial charge in [-0.25, -0.2) is 8.42 Å². The van der Waals surface area contributed by atoms with E-state index in [0.717, 1.165) is 26.1 Å². The Morgan fingerprint density at radius 1 is 1.26 bits per heavy atom. The van der Waals surface area contributed by atoms with Gasteiger partial charge in [0.15, 0.2) is 9.84 Å². The van der Waals surface area contributed by atoms with Crippen LogP contribution in [0.3, 0.4) is 0 Å². The second kappa shape index (κ2) is 7.04. The van der Waals surface area contributed by atoms with Gasteiger partial charge in [-0.15, -0.1) is 0 Å². The van der Waals surface area contributed by atoms with Crippen LogP contribution in [-0.4, -0.2) is 45.7 Å². The van der Waals surface area contributed by atoms with E-state index in [-0.39, 0.29) is 16.4 Å². The van der Waals surface area contributed by atoms with Crippen LogP contribution in [0.15, 0.2) is 0 Å². The summed E-state index contributed by atoms with van der Waals surface area (Å²) in [6.07, 6.45) is 1.67. The molecule has 1 aliphatic heterocycles. The minimum atomic E-state index is -2.95. The first-order chi connectivity index (χ1) is 8.77. The normalized spacial score (nSPS) is 24.5. The summed E-state index contributed by atoms with van der Waals surface area (Å²) in [5.41, 5.74) is 0.0108. The van der Waals surface area contributed by atoms with Crippen molar-refractivity contribution in [1.29, 1.82) is 0 Å². The first-order valence-corrected chi connectivity index (χ1v) is 8.99. The molecule has 1 heterocycles. The summed E-state index contributed by atoms with van der Waals surface area (Å²) < 4.78 is 29.4. The van der Waals surface area contributed by atoms with Crippen LogP contribution in [-0.2, 0) is 14.6 Å². The third-order valence-corrected chi connectivity index (χ3v) is 6.08. The molecular formula is C14H29NO3S. The minimum absolute atomic E-state index is 0.0108. The first kappa shape index (κ1) is 16.9. The van der Waals surface area contributed by atoms with Crippen molar-refractivity contribution in [3.63, 3.8) is 0 Å². The lowest BCUT2D eigenvalue weighted by Gasteiger charge is -2.28. The second-order valence-corrected chi connectivity index (χ2v) is 9.17. The molecule has 1 saturated heterocycles. The molecule has 1 N–H and O–H groups in total. The Bertz CT molecular complexity index is 357. The van der Waals surface area contributed by atoms with Gasteiger partial charge < -0.3 is 10.1 Å². The number of nitrogens with one attached hydrogen (secondary N) is 1. The lowest BCUT2D eigenvalue weighted by molar-refractivity contribution is 0.147. The number of hydrogen-bond donors (Lipinski definition) is 1. The van der Waals surface area contributed by atoms with Crippen molar-refractivity contribution < 1.29 is 13.2 Å². The summed E-state index contributed by atoms with van der Waals surface area (Å²) in [5, 5.41) is 3.18. The zero-order valence-corrected chi connectivity index (χ0v) is 13.6. The van der Waals surface area contributed by atoms with E-state index in [4.69, 9.17) is 4.74 Å². The Balaban J connectivity index is 2.53. The molecule has 0 aliphatic carbocycles. The molecule has 19 heavy (non-hydrogen) atoms. The van der Waals surface area contributed by atoms with Crippen molar-refractivity contribution >= 4 is 9.84 Å². The van der Waals surface area contributed by atoms with E-state index in [1.54, 1.807) is 13.8 Å². The lowest BCUT2D eigenvalue weighted by atomic mass is 9.84. The molecule has 1 rings (SSSR count). The van der Waals surface area contributed by atoms with Gasteiger partial charge in [-0.1, -0.05) is 13.8 Å². The molecule has 5 heteroatoms. The van der Waals surface area contributed by atoms with Gasteiger partial charge >= 0.3 is 0 Å². The highest BCUT2D eigenvalue weighted by Crippen LogP contribution is 2.32. The Kier molecular flexibility index (Phi) is 6.27. The standard InChI is InChI=1S/C14H29NO3S/c1-12(2)9-15-10-14(5-7-18-11-14)6-8-19(16,17)13(3)4/h12-13,15H,5-11H2,1-4H3. The van der Waals surface area contributed by atoms with E-state index < -0.39 is 9.84 Å². The minimum Gasteiger partial charge on any atom is -0.381 e. The predicted octanol–water partition coefficient (Wildman–Crippen LogP) is 1.85. The summed E-state index contributed by atoms with van der Waals surface area (Å²) in [5.74, 6) is 0.885. The van der Waals surface area contributed by atoms with Gasteiger partial charge in [0.1, 0.15) is 0 Å². The Morgan fingerprint density at radius 2 is 1.95 bits per heavy atom. The van der Waals surface area contributed by atoms with Gasteiger partial charge in [0.25, 0.3) is 0 Å². The average molecular weight is 291 g/mol. The van der Waals surface area contributed by atoms with Crippen LogP contribution in [0.4, 0.5) is 0 Å². The summed E-state index contributed by atoms with van der Waals surface area (Å²) >= 11 is 0. The van der Waals surface area contributed by atoms with Gasteiger partial charge in [-0.2, -0.15) is 0 Å². The van der Waals surface area contributed by atoms with Gasteiger partial charge in [-0.05, 0) is 39.2 Å². The molecule has 0 saturated carbocycles. The highest BCUT2D eigenvalue weighted by molar-refractivity contribution is 7.91. The zero-order chi connectivity index (χ0) is 14.5. The van der Waals surface area contributed by atoms with Crippen molar-refractivity contribution in [2.24, 2.45) is 11.3 Å². The molecule has 0 spiro atoms.